The number of hydrogen-bond acceptors (Lipinski definition) is 4. The van der Waals surface area contributed by atoms with Gasteiger partial charge in [-0.15, -0.1) is 0 Å². The molecule has 0 bridgehead atoms. The lowest BCUT2D eigenvalue weighted by molar-refractivity contribution is -0.388. The Morgan fingerprint density at radius 3 is 2.19 bits per heavy atom. The van der Waals surface area contributed by atoms with Gasteiger partial charge in [0.05, 0.1) is 11.5 Å². The highest BCUT2D eigenvalue weighted by atomic mass is 19.4. The first kappa shape index (κ1) is 25.1. The minimum absolute atomic E-state index is 0.173. The smallest absolute Gasteiger partial charge is 0.379 e. The number of nitrogens with zero attached hydrogens (tertiary/aromatic N) is 1. The van der Waals surface area contributed by atoms with Gasteiger partial charge in [0.15, 0.2) is 5.60 Å². The Morgan fingerprint density at radius 2 is 1.69 bits per heavy atom. The number of amides is 1. The minimum Gasteiger partial charge on any atom is -0.379 e. The van der Waals surface area contributed by atoms with Gasteiger partial charge in [0.1, 0.15) is 5.56 Å². The maximum atomic E-state index is 13.6. The highest BCUT2D eigenvalue weighted by molar-refractivity contribution is 5.94. The molecular weight excluding hydrogens is 446 g/mol. The molecule has 0 aliphatic rings. The number of aliphatic hydroxyl groups is 1. The molecule has 0 heterocycles. The molecule has 2 atom stereocenters. The fraction of sp³-hybridized carbons (Fsp3) is 0.350. The van der Waals surface area contributed by atoms with E-state index in [1.54, 1.807) is 35.6 Å². The maximum Gasteiger partial charge on any atom is 0.423 e. The Labute approximate surface area is 178 Å². The van der Waals surface area contributed by atoms with Crippen LogP contribution in [0.25, 0.3) is 0 Å². The number of nitro benzene ring substituents is 1. The highest BCUT2D eigenvalue weighted by Crippen LogP contribution is 2.38. The summed E-state index contributed by atoms with van der Waals surface area (Å²) in [5.74, 6) is -2.13. The largest absolute Gasteiger partial charge is 0.423 e. The number of hydrogen-bond donors (Lipinski definition) is 2. The standard InChI is InChI=1S/C20H18F6N2O4/c1-12(13-5-3-2-4-6-13)10-18(30,20(24,25)26)11-27-17(29)14-7-8-16(28(31)32)15(9-14)19(21,22)23/h2-9,12,30H,10-11H2,1H3,(H,27,29). The van der Waals surface area contributed by atoms with Crippen LogP contribution in [0.3, 0.4) is 0 Å². The summed E-state index contributed by atoms with van der Waals surface area (Å²) < 4.78 is 79.9. The van der Waals surface area contributed by atoms with Gasteiger partial charge in [0.2, 0.25) is 0 Å². The van der Waals surface area contributed by atoms with Crippen LogP contribution in [0.4, 0.5) is 32.0 Å². The van der Waals surface area contributed by atoms with Crippen molar-refractivity contribution in [3.63, 3.8) is 0 Å². The van der Waals surface area contributed by atoms with Gasteiger partial charge >= 0.3 is 12.4 Å². The van der Waals surface area contributed by atoms with Crippen molar-refractivity contribution in [2.75, 3.05) is 6.54 Å². The monoisotopic (exact) mass is 464 g/mol. The van der Waals surface area contributed by atoms with Crippen LogP contribution in [-0.2, 0) is 6.18 Å². The third-order valence-electron chi connectivity index (χ3n) is 4.84. The van der Waals surface area contributed by atoms with Crippen molar-refractivity contribution in [1.29, 1.82) is 0 Å². The van der Waals surface area contributed by atoms with E-state index in [4.69, 9.17) is 0 Å². The predicted molar refractivity (Wildman–Crippen MR) is 101 cm³/mol. The number of nitro groups is 1. The van der Waals surface area contributed by atoms with Crippen molar-refractivity contribution < 1.29 is 41.2 Å². The zero-order valence-electron chi connectivity index (χ0n) is 16.5. The topological polar surface area (TPSA) is 92.5 Å². The summed E-state index contributed by atoms with van der Waals surface area (Å²) in [6, 6.07) is 9.29. The molecule has 1 amide bonds. The molecule has 0 saturated carbocycles. The quantitative estimate of drug-likeness (QED) is 0.349. The van der Waals surface area contributed by atoms with E-state index in [9.17, 15) is 46.4 Å². The highest BCUT2D eigenvalue weighted by Gasteiger charge is 2.54. The minimum atomic E-state index is -5.17. The molecule has 2 aromatic rings. The average Bonchev–Trinajstić information content (AvgIpc) is 2.70. The molecule has 2 unspecified atom stereocenters. The maximum absolute atomic E-state index is 13.6. The van der Waals surface area contributed by atoms with E-state index in [2.05, 4.69) is 0 Å². The van der Waals surface area contributed by atoms with Crippen LogP contribution in [0.1, 0.15) is 40.7 Å². The second-order valence-electron chi connectivity index (χ2n) is 7.21. The molecule has 0 aromatic heterocycles. The Balaban J connectivity index is 2.25. The third-order valence-corrected chi connectivity index (χ3v) is 4.84. The first-order valence-corrected chi connectivity index (χ1v) is 9.13. The van der Waals surface area contributed by atoms with Crippen LogP contribution in [0.5, 0.6) is 0 Å². The van der Waals surface area contributed by atoms with Gasteiger partial charge in [0, 0.05) is 11.6 Å². The van der Waals surface area contributed by atoms with E-state index in [0.29, 0.717) is 17.7 Å². The molecule has 12 heteroatoms. The van der Waals surface area contributed by atoms with Gasteiger partial charge < -0.3 is 10.4 Å². The Bertz CT molecular complexity index is 978. The Hall–Kier alpha value is -3.15. The predicted octanol–water partition coefficient (Wildman–Crippen LogP) is 4.83. The first-order valence-electron chi connectivity index (χ1n) is 9.13. The second-order valence-corrected chi connectivity index (χ2v) is 7.21. The molecule has 0 saturated heterocycles. The van der Waals surface area contributed by atoms with E-state index in [1.807, 2.05) is 0 Å². The van der Waals surface area contributed by atoms with E-state index in [1.165, 1.54) is 6.92 Å². The lowest BCUT2D eigenvalue weighted by Crippen LogP contribution is -2.54. The summed E-state index contributed by atoms with van der Waals surface area (Å²) in [6.45, 7) is 0.116. The molecule has 0 aliphatic carbocycles. The number of carbonyl (C=O) groups is 1. The molecule has 0 radical (unpaired) electrons. The van der Waals surface area contributed by atoms with Crippen LogP contribution < -0.4 is 5.32 Å². The van der Waals surface area contributed by atoms with Crippen molar-refractivity contribution in [2.24, 2.45) is 0 Å². The van der Waals surface area contributed by atoms with Crippen molar-refractivity contribution in [2.45, 2.75) is 37.2 Å². The molecule has 2 aromatic carbocycles. The summed E-state index contributed by atoms with van der Waals surface area (Å²) in [6.07, 6.45) is -11.2. The second kappa shape index (κ2) is 9.15. The van der Waals surface area contributed by atoms with Crippen molar-refractivity contribution in [1.82, 2.24) is 5.32 Å². The van der Waals surface area contributed by atoms with E-state index >= 15 is 0 Å². The van der Waals surface area contributed by atoms with Crippen LogP contribution >= 0.6 is 0 Å². The van der Waals surface area contributed by atoms with Gasteiger partial charge in [-0.1, -0.05) is 37.3 Å². The summed E-state index contributed by atoms with van der Waals surface area (Å²) in [7, 11) is 0. The van der Waals surface area contributed by atoms with Crippen molar-refractivity contribution in [3.8, 4) is 0 Å². The number of rotatable bonds is 7. The lowest BCUT2D eigenvalue weighted by Gasteiger charge is -2.33. The van der Waals surface area contributed by atoms with E-state index in [-0.39, 0.29) is 6.07 Å². The molecule has 0 fully saturated rings. The molecule has 2 N–H and O–H groups in total. The fourth-order valence-electron chi connectivity index (χ4n) is 3.09. The Kier molecular flexibility index (Phi) is 7.18. The molecule has 32 heavy (non-hydrogen) atoms. The van der Waals surface area contributed by atoms with Crippen LogP contribution in [0.2, 0.25) is 0 Å². The average molecular weight is 464 g/mol. The zero-order valence-corrected chi connectivity index (χ0v) is 16.5. The zero-order chi connectivity index (χ0) is 24.3. The number of benzene rings is 2. The van der Waals surface area contributed by atoms with Gasteiger partial charge in [-0.05, 0) is 30.0 Å². The molecular formula is C20H18F6N2O4. The van der Waals surface area contributed by atoms with E-state index in [0.717, 1.165) is 0 Å². The molecule has 174 valence electrons. The number of nitrogens with one attached hydrogen (secondary N) is 1. The van der Waals surface area contributed by atoms with Gasteiger partial charge in [0.25, 0.3) is 11.6 Å². The summed E-state index contributed by atoms with van der Waals surface area (Å²) in [5, 5.41) is 22.8. The molecule has 0 spiro atoms. The number of alkyl halides is 6. The summed E-state index contributed by atoms with van der Waals surface area (Å²) in [4.78, 5) is 21.7. The van der Waals surface area contributed by atoms with Crippen LogP contribution in [0.15, 0.2) is 48.5 Å². The SMILES string of the molecule is CC(CC(O)(CNC(=O)c1ccc([N+](=O)[O-])c(C(F)(F)F)c1)C(F)(F)F)c1ccccc1. The first-order chi connectivity index (χ1) is 14.7. The number of carbonyl (C=O) groups excluding carboxylic acids is 1. The van der Waals surface area contributed by atoms with E-state index < -0.39 is 64.5 Å². The van der Waals surface area contributed by atoms with Gasteiger partial charge in [-0.2, -0.15) is 26.3 Å². The Morgan fingerprint density at radius 1 is 1.09 bits per heavy atom. The van der Waals surface area contributed by atoms with Gasteiger partial charge in [-0.25, -0.2) is 0 Å². The van der Waals surface area contributed by atoms with Crippen molar-refractivity contribution >= 4 is 11.6 Å². The fourth-order valence-corrected chi connectivity index (χ4v) is 3.09. The molecule has 0 aliphatic heterocycles. The molecule has 2 rings (SSSR count). The van der Waals surface area contributed by atoms with Gasteiger partial charge in [-0.3, -0.25) is 14.9 Å². The van der Waals surface area contributed by atoms with Crippen molar-refractivity contribution in [3.05, 3.63) is 75.3 Å². The molecule has 6 nitrogen and oxygen atoms in total. The summed E-state index contributed by atoms with van der Waals surface area (Å²) in [5.41, 5.74) is -6.64. The third kappa shape index (κ3) is 5.75. The number of halogens is 6. The normalized spacial score (nSPS) is 15.0. The van der Waals surface area contributed by atoms with Crippen LogP contribution in [0, 0.1) is 10.1 Å². The van der Waals surface area contributed by atoms with Crippen LogP contribution in [-0.4, -0.2) is 34.3 Å². The summed E-state index contributed by atoms with van der Waals surface area (Å²) >= 11 is 0. The lowest BCUT2D eigenvalue weighted by atomic mass is 9.86.